The Bertz CT molecular complexity index is 780. The van der Waals surface area contributed by atoms with Crippen LogP contribution in [-0.2, 0) is 9.59 Å². The molecule has 0 spiro atoms. The van der Waals surface area contributed by atoms with Crippen LogP contribution >= 0.6 is 35.6 Å². The highest BCUT2D eigenvalue weighted by atomic mass is 35.5. The van der Waals surface area contributed by atoms with Crippen molar-refractivity contribution in [1.82, 2.24) is 4.90 Å². The molecule has 0 N–H and O–H groups in total. The third-order valence-electron chi connectivity index (χ3n) is 3.54. The molecule has 1 aromatic carbocycles. The number of carboxylic acid groups (broad SMARTS) is 1. The lowest BCUT2D eigenvalue weighted by atomic mass is 10.1. The molecule has 0 aliphatic carbocycles. The maximum atomic E-state index is 12.4. The van der Waals surface area contributed by atoms with Gasteiger partial charge in [-0.1, -0.05) is 35.6 Å². The molecule has 0 aromatic heterocycles. The zero-order valence-corrected chi connectivity index (χ0v) is 15.3. The highest BCUT2D eigenvalue weighted by Crippen LogP contribution is 2.40. The molecule has 6 nitrogen and oxygen atoms in total. The summed E-state index contributed by atoms with van der Waals surface area (Å²) in [5.74, 6) is -0.534. The largest absolute Gasteiger partial charge is 0.550 e. The van der Waals surface area contributed by atoms with Gasteiger partial charge in [-0.3, -0.25) is 9.69 Å². The molecule has 25 heavy (non-hydrogen) atoms. The number of aliphatic carboxylic acids is 1. The van der Waals surface area contributed by atoms with Gasteiger partial charge in [-0.05, 0) is 23.8 Å². The van der Waals surface area contributed by atoms with Crippen molar-refractivity contribution in [2.45, 2.75) is 12.8 Å². The Labute approximate surface area is 158 Å². The fraction of sp³-hybridized carbons (Fsp3) is 0.312. The fourth-order valence-corrected chi connectivity index (χ4v) is 3.96. The van der Waals surface area contributed by atoms with Crippen molar-refractivity contribution in [3.8, 4) is 11.5 Å². The van der Waals surface area contributed by atoms with Crippen LogP contribution in [0.5, 0.6) is 11.5 Å². The summed E-state index contributed by atoms with van der Waals surface area (Å²) < 4.78 is 11.5. The van der Waals surface area contributed by atoms with Gasteiger partial charge in [-0.2, -0.15) is 0 Å². The molecule has 2 heterocycles. The van der Waals surface area contributed by atoms with E-state index in [0.717, 1.165) is 18.2 Å². The first-order valence-corrected chi connectivity index (χ1v) is 9.10. The minimum absolute atomic E-state index is 0.00770. The van der Waals surface area contributed by atoms with Crippen molar-refractivity contribution in [1.29, 1.82) is 0 Å². The minimum Gasteiger partial charge on any atom is -0.550 e. The van der Waals surface area contributed by atoms with Crippen LogP contribution in [0, 0.1) is 0 Å². The average molecular weight is 399 g/mol. The molecule has 3 rings (SSSR count). The number of carboxylic acids is 1. The summed E-state index contributed by atoms with van der Waals surface area (Å²) in [4.78, 5) is 24.7. The molecule has 1 saturated heterocycles. The molecule has 1 fully saturated rings. The van der Waals surface area contributed by atoms with E-state index in [2.05, 4.69) is 0 Å². The number of thiocarbonyl (C=S) groups is 1. The topological polar surface area (TPSA) is 78.9 Å². The second-order valence-corrected chi connectivity index (χ2v) is 7.42. The predicted octanol–water partition coefficient (Wildman–Crippen LogP) is 1.84. The summed E-state index contributed by atoms with van der Waals surface area (Å²) >= 11 is 12.5. The number of nitrogens with zero attached hydrogens (tertiary/aromatic N) is 1. The zero-order valence-electron chi connectivity index (χ0n) is 13.0. The Kier molecular flexibility index (Phi) is 5.51. The van der Waals surface area contributed by atoms with Crippen molar-refractivity contribution in [2.24, 2.45) is 0 Å². The molecule has 1 aromatic rings. The second-order valence-electron chi connectivity index (χ2n) is 5.34. The van der Waals surface area contributed by atoms with Gasteiger partial charge < -0.3 is 19.4 Å². The van der Waals surface area contributed by atoms with Gasteiger partial charge in [0, 0.05) is 25.4 Å². The molecule has 132 valence electrons. The summed E-state index contributed by atoms with van der Waals surface area (Å²) in [7, 11) is 0. The molecule has 2 aliphatic heterocycles. The number of amides is 1. The molecule has 0 saturated carbocycles. The molecule has 0 radical (unpaired) electrons. The van der Waals surface area contributed by atoms with Crippen LogP contribution in [0.3, 0.4) is 0 Å². The average Bonchev–Trinajstić information content (AvgIpc) is 2.73. The van der Waals surface area contributed by atoms with E-state index in [1.54, 1.807) is 18.2 Å². The minimum atomic E-state index is -1.23. The highest BCUT2D eigenvalue weighted by Gasteiger charge is 2.31. The maximum Gasteiger partial charge on any atom is 0.266 e. The standard InChI is InChI=1S/C16H14ClNO5S2/c17-10-6-9(7-11-14(10)23-5-1-4-22-11)8-12-15(21)18(16(24)25-12)3-2-13(19)20/h6-8H,1-5H2,(H,19,20)/p-1/b12-8+. The third-order valence-corrected chi connectivity index (χ3v) is 5.19. The van der Waals surface area contributed by atoms with Gasteiger partial charge in [-0.15, -0.1) is 0 Å². The molecule has 2 aliphatic rings. The van der Waals surface area contributed by atoms with Crippen molar-refractivity contribution in [3.63, 3.8) is 0 Å². The van der Waals surface area contributed by atoms with Crippen LogP contribution in [0.15, 0.2) is 17.0 Å². The third kappa shape index (κ3) is 4.08. The fourth-order valence-electron chi connectivity index (χ4n) is 2.38. The SMILES string of the molecule is O=C([O-])CCN1C(=O)/C(=C\c2cc(Cl)c3c(c2)OCCCO3)SC1=S. The van der Waals surface area contributed by atoms with Crippen LogP contribution < -0.4 is 14.6 Å². The summed E-state index contributed by atoms with van der Waals surface area (Å²) in [5, 5.41) is 11.0. The molecule has 0 bridgehead atoms. The van der Waals surface area contributed by atoms with Crippen molar-refractivity contribution in [2.75, 3.05) is 19.8 Å². The number of benzene rings is 1. The molecule has 0 unspecified atom stereocenters. The number of ether oxygens (including phenoxy) is 2. The lowest BCUT2D eigenvalue weighted by Crippen LogP contribution is -2.33. The maximum absolute atomic E-state index is 12.4. The van der Waals surface area contributed by atoms with Crippen molar-refractivity contribution < 1.29 is 24.2 Å². The quantitative estimate of drug-likeness (QED) is 0.565. The first kappa shape index (κ1) is 18.0. The van der Waals surface area contributed by atoms with Gasteiger partial charge in [0.2, 0.25) is 0 Å². The highest BCUT2D eigenvalue weighted by molar-refractivity contribution is 8.26. The van der Waals surface area contributed by atoms with Crippen molar-refractivity contribution in [3.05, 3.63) is 27.6 Å². The number of fused-ring (bicyclic) bond motifs is 1. The smallest absolute Gasteiger partial charge is 0.266 e. The summed E-state index contributed by atoms with van der Waals surface area (Å²) in [6.07, 6.45) is 2.14. The van der Waals surface area contributed by atoms with Crippen LogP contribution in [0.4, 0.5) is 0 Å². The van der Waals surface area contributed by atoms with Crippen molar-refractivity contribution >= 4 is 57.9 Å². The Balaban J connectivity index is 1.84. The number of carbonyl (C=O) groups excluding carboxylic acids is 2. The van der Waals surface area contributed by atoms with Crippen LogP contribution in [0.1, 0.15) is 18.4 Å². The van der Waals surface area contributed by atoms with E-state index in [4.69, 9.17) is 33.3 Å². The second kappa shape index (κ2) is 7.63. The van der Waals surface area contributed by atoms with E-state index in [-0.39, 0.29) is 18.9 Å². The van der Waals surface area contributed by atoms with Gasteiger partial charge >= 0.3 is 0 Å². The van der Waals surface area contributed by atoms with E-state index in [9.17, 15) is 14.7 Å². The first-order valence-electron chi connectivity index (χ1n) is 7.50. The number of carbonyl (C=O) groups is 2. The summed E-state index contributed by atoms with van der Waals surface area (Å²) in [6, 6.07) is 3.43. The van der Waals surface area contributed by atoms with Gasteiger partial charge in [0.15, 0.2) is 11.5 Å². The Morgan fingerprint density at radius 3 is 2.92 bits per heavy atom. The summed E-state index contributed by atoms with van der Waals surface area (Å²) in [6.45, 7) is 1.05. The molecule has 0 atom stereocenters. The number of hydrogen-bond acceptors (Lipinski definition) is 7. The first-order chi connectivity index (χ1) is 12.0. The zero-order chi connectivity index (χ0) is 18.0. The summed E-state index contributed by atoms with van der Waals surface area (Å²) in [5.41, 5.74) is 0.676. The Morgan fingerprint density at radius 1 is 1.40 bits per heavy atom. The molecular formula is C16H13ClNO5S2-. The predicted molar refractivity (Wildman–Crippen MR) is 96.6 cm³/mol. The molecular weight excluding hydrogens is 386 g/mol. The Hall–Kier alpha value is -1.77. The van der Waals surface area contributed by atoms with Crippen LogP contribution in [0.2, 0.25) is 5.02 Å². The number of thioether (sulfide) groups is 1. The molecule has 9 heteroatoms. The van der Waals surface area contributed by atoms with E-state index < -0.39 is 5.97 Å². The van der Waals surface area contributed by atoms with Gasteiger partial charge in [0.1, 0.15) is 4.32 Å². The number of hydrogen-bond donors (Lipinski definition) is 0. The van der Waals surface area contributed by atoms with Gasteiger partial charge in [0.25, 0.3) is 5.91 Å². The van der Waals surface area contributed by atoms with E-state index in [1.807, 2.05) is 0 Å². The van der Waals surface area contributed by atoms with E-state index >= 15 is 0 Å². The monoisotopic (exact) mass is 398 g/mol. The van der Waals surface area contributed by atoms with Crippen LogP contribution in [-0.4, -0.2) is 40.9 Å². The molecule has 1 amide bonds. The van der Waals surface area contributed by atoms with Crippen LogP contribution in [0.25, 0.3) is 6.08 Å². The lowest BCUT2D eigenvalue weighted by molar-refractivity contribution is -0.305. The van der Waals surface area contributed by atoms with Gasteiger partial charge in [0.05, 0.1) is 23.1 Å². The number of halogens is 1. The van der Waals surface area contributed by atoms with Gasteiger partial charge in [-0.25, -0.2) is 0 Å². The Morgan fingerprint density at radius 2 is 2.16 bits per heavy atom. The number of rotatable bonds is 4. The normalized spacial score (nSPS) is 18.6. The van der Waals surface area contributed by atoms with E-state index in [1.165, 1.54) is 4.90 Å². The van der Waals surface area contributed by atoms with E-state index in [0.29, 0.717) is 44.5 Å². The lowest BCUT2D eigenvalue weighted by Gasteiger charge is -2.14.